The highest BCUT2D eigenvalue weighted by atomic mass is 35.5. The number of amides is 1. The Morgan fingerprint density at radius 3 is 2.46 bits per heavy atom. The minimum absolute atomic E-state index is 0.191. The minimum Gasteiger partial charge on any atom is -0.418 e. The highest BCUT2D eigenvalue weighted by Crippen LogP contribution is 2.31. The van der Waals surface area contributed by atoms with Gasteiger partial charge in [0.15, 0.2) is 0 Å². The monoisotopic (exact) mass is 487 g/mol. The van der Waals surface area contributed by atoms with Crippen LogP contribution in [0.15, 0.2) is 71.1 Å². The average molecular weight is 488 g/mol. The highest BCUT2D eigenvalue weighted by Gasteiger charge is 2.25. The van der Waals surface area contributed by atoms with Crippen LogP contribution in [0, 0.1) is 18.3 Å². The Morgan fingerprint density at radius 1 is 1.09 bits per heavy atom. The number of nitrogens with one attached hydrogen (secondary N) is 2. The van der Waals surface area contributed by atoms with Gasteiger partial charge in [-0.1, -0.05) is 29.8 Å². The van der Waals surface area contributed by atoms with E-state index in [1.54, 1.807) is 74.5 Å². The number of carbonyl (C=O) groups excluding carboxylic acids is 1. The molecule has 0 saturated carbocycles. The number of benzene rings is 3. The first-order valence-corrected chi connectivity index (χ1v) is 11.2. The van der Waals surface area contributed by atoms with Crippen molar-refractivity contribution in [3.8, 4) is 17.5 Å². The summed E-state index contributed by atoms with van der Waals surface area (Å²) in [6, 6.07) is 20.6. The molecule has 9 heteroatoms. The molecule has 1 heterocycles. The van der Waals surface area contributed by atoms with E-state index in [1.807, 2.05) is 12.1 Å². The highest BCUT2D eigenvalue weighted by molar-refractivity contribution is 6.32. The van der Waals surface area contributed by atoms with Gasteiger partial charge in [-0.3, -0.25) is 4.79 Å². The van der Waals surface area contributed by atoms with Crippen LogP contribution in [0.25, 0.3) is 11.5 Å². The Bertz CT molecular complexity index is 1380. The normalized spacial score (nSPS) is 12.4. The molecule has 1 aromatic heterocycles. The maximum atomic E-state index is 12.3. The van der Waals surface area contributed by atoms with Gasteiger partial charge >= 0.3 is 0 Å². The van der Waals surface area contributed by atoms with Crippen LogP contribution in [0.4, 0.5) is 11.4 Å². The van der Waals surface area contributed by atoms with Crippen LogP contribution in [0.2, 0.25) is 5.02 Å². The number of rotatable bonds is 7. The van der Waals surface area contributed by atoms with E-state index in [9.17, 15) is 9.90 Å². The molecule has 0 bridgehead atoms. The summed E-state index contributed by atoms with van der Waals surface area (Å²) in [5.41, 5.74) is 3.52. The molecule has 1 unspecified atom stereocenters. The summed E-state index contributed by atoms with van der Waals surface area (Å²) in [6.45, 7) is 3.38. The summed E-state index contributed by atoms with van der Waals surface area (Å²) >= 11 is 6.27. The predicted molar refractivity (Wildman–Crippen MR) is 133 cm³/mol. The molecule has 176 valence electrons. The number of hydrogen-bond acceptors (Lipinski definition) is 7. The molecule has 0 aliphatic rings. The van der Waals surface area contributed by atoms with Gasteiger partial charge in [0, 0.05) is 22.5 Å². The maximum absolute atomic E-state index is 12.3. The molecule has 2 atom stereocenters. The summed E-state index contributed by atoms with van der Waals surface area (Å²) in [5.74, 6) is 0.252. The van der Waals surface area contributed by atoms with Crippen molar-refractivity contribution in [2.75, 3.05) is 10.6 Å². The Kier molecular flexibility index (Phi) is 7.11. The fourth-order valence-corrected chi connectivity index (χ4v) is 3.66. The van der Waals surface area contributed by atoms with Gasteiger partial charge in [-0.15, -0.1) is 10.2 Å². The first-order valence-electron chi connectivity index (χ1n) is 10.8. The number of carbonyl (C=O) groups is 1. The second kappa shape index (κ2) is 10.4. The van der Waals surface area contributed by atoms with Crippen LogP contribution in [0.3, 0.4) is 0 Å². The number of halogens is 1. The molecule has 8 nitrogen and oxygen atoms in total. The first-order chi connectivity index (χ1) is 16.9. The number of aliphatic hydroxyl groups is 1. The van der Waals surface area contributed by atoms with Crippen molar-refractivity contribution < 1.29 is 14.3 Å². The third kappa shape index (κ3) is 5.32. The van der Waals surface area contributed by atoms with Crippen LogP contribution >= 0.6 is 11.6 Å². The molecule has 4 aromatic rings. The van der Waals surface area contributed by atoms with Crippen molar-refractivity contribution in [1.29, 1.82) is 5.26 Å². The van der Waals surface area contributed by atoms with Crippen molar-refractivity contribution in [3.63, 3.8) is 0 Å². The van der Waals surface area contributed by atoms with Gasteiger partial charge < -0.3 is 20.2 Å². The van der Waals surface area contributed by atoms with Gasteiger partial charge in [-0.25, -0.2) is 0 Å². The minimum atomic E-state index is -0.868. The van der Waals surface area contributed by atoms with Crippen LogP contribution in [-0.4, -0.2) is 27.3 Å². The summed E-state index contributed by atoms with van der Waals surface area (Å²) in [5, 5.41) is 34.1. The Labute approximate surface area is 207 Å². The zero-order valence-electron chi connectivity index (χ0n) is 19.0. The molecular formula is C26H22ClN5O3. The average Bonchev–Trinajstić information content (AvgIpc) is 3.35. The van der Waals surface area contributed by atoms with E-state index in [-0.39, 0.29) is 17.7 Å². The standard InChI is InChI=1S/C26H22ClN5O3/c1-15-21(13-10-19(14-28)22(15)27)30-23(16(2)33)26-32-31-25(35-26)18-8-11-20(12-9-18)29-24(34)17-6-4-3-5-7-17/h3-13,16,23,30,33H,1-2H3,(H,29,34)/t16-,23?/m0/s1. The van der Waals surface area contributed by atoms with Gasteiger partial charge in [0.2, 0.25) is 11.8 Å². The van der Waals surface area contributed by atoms with Gasteiger partial charge in [0.25, 0.3) is 5.91 Å². The fraction of sp³-hybridized carbons (Fsp3) is 0.154. The third-order valence-electron chi connectivity index (χ3n) is 5.43. The van der Waals surface area contributed by atoms with E-state index in [0.29, 0.717) is 38.7 Å². The Balaban J connectivity index is 1.51. The van der Waals surface area contributed by atoms with E-state index >= 15 is 0 Å². The molecule has 1 amide bonds. The van der Waals surface area contributed by atoms with Crippen LogP contribution in [-0.2, 0) is 0 Å². The molecule has 0 aliphatic carbocycles. The van der Waals surface area contributed by atoms with Gasteiger partial charge in [-0.2, -0.15) is 5.26 Å². The Morgan fingerprint density at radius 2 is 1.80 bits per heavy atom. The SMILES string of the molecule is Cc1c(NC(c2nnc(-c3ccc(NC(=O)c4ccccc4)cc3)o2)[C@H](C)O)ccc(C#N)c1Cl. The van der Waals surface area contributed by atoms with Crippen LogP contribution in [0.1, 0.15) is 40.3 Å². The van der Waals surface area contributed by atoms with E-state index in [0.717, 1.165) is 0 Å². The van der Waals surface area contributed by atoms with Crippen molar-refractivity contribution in [2.45, 2.75) is 26.0 Å². The molecule has 4 rings (SSSR count). The maximum Gasteiger partial charge on any atom is 0.255 e. The molecule has 3 aromatic carbocycles. The second-order valence-electron chi connectivity index (χ2n) is 7.92. The number of nitrogens with zero attached hydrogens (tertiary/aromatic N) is 3. The number of anilines is 2. The van der Waals surface area contributed by atoms with E-state index in [2.05, 4.69) is 20.8 Å². The Hall–Kier alpha value is -4.19. The summed E-state index contributed by atoms with van der Waals surface area (Å²) in [6.07, 6.45) is -0.868. The van der Waals surface area contributed by atoms with E-state index in [1.165, 1.54) is 0 Å². The van der Waals surface area contributed by atoms with Gasteiger partial charge in [0.1, 0.15) is 12.1 Å². The first kappa shape index (κ1) is 24.0. The quantitative estimate of drug-likeness (QED) is 0.320. The molecule has 0 fully saturated rings. The zero-order chi connectivity index (χ0) is 24.9. The molecule has 0 spiro atoms. The smallest absolute Gasteiger partial charge is 0.255 e. The van der Waals surface area contributed by atoms with Gasteiger partial charge in [0.05, 0.1) is 16.7 Å². The van der Waals surface area contributed by atoms with E-state index in [4.69, 9.17) is 21.3 Å². The molecule has 0 aliphatic heterocycles. The topological polar surface area (TPSA) is 124 Å². The van der Waals surface area contributed by atoms with Crippen LogP contribution < -0.4 is 10.6 Å². The number of nitriles is 1. The molecule has 3 N–H and O–H groups in total. The van der Waals surface area contributed by atoms with E-state index < -0.39 is 12.1 Å². The molecule has 0 saturated heterocycles. The number of aromatic nitrogens is 2. The lowest BCUT2D eigenvalue weighted by Gasteiger charge is -2.21. The van der Waals surface area contributed by atoms with Crippen molar-refractivity contribution in [3.05, 3.63) is 94.3 Å². The lowest BCUT2D eigenvalue weighted by atomic mass is 10.1. The summed E-state index contributed by atoms with van der Waals surface area (Å²) < 4.78 is 5.85. The third-order valence-corrected chi connectivity index (χ3v) is 5.92. The van der Waals surface area contributed by atoms with Crippen LogP contribution in [0.5, 0.6) is 0 Å². The molecular weight excluding hydrogens is 466 g/mol. The number of aliphatic hydroxyl groups excluding tert-OH is 1. The second-order valence-corrected chi connectivity index (χ2v) is 8.29. The summed E-state index contributed by atoms with van der Waals surface area (Å²) in [4.78, 5) is 12.3. The lowest BCUT2D eigenvalue weighted by molar-refractivity contribution is 0.102. The predicted octanol–water partition coefficient (Wildman–Crippen LogP) is 5.36. The number of hydrogen-bond donors (Lipinski definition) is 3. The van der Waals surface area contributed by atoms with Crippen molar-refractivity contribution in [1.82, 2.24) is 10.2 Å². The molecule has 0 radical (unpaired) electrons. The zero-order valence-corrected chi connectivity index (χ0v) is 19.7. The van der Waals surface area contributed by atoms with Crippen molar-refractivity contribution >= 4 is 28.9 Å². The summed E-state index contributed by atoms with van der Waals surface area (Å²) in [7, 11) is 0. The largest absolute Gasteiger partial charge is 0.418 e. The lowest BCUT2D eigenvalue weighted by Crippen LogP contribution is -2.23. The fourth-order valence-electron chi connectivity index (χ4n) is 3.45. The molecule has 35 heavy (non-hydrogen) atoms. The van der Waals surface area contributed by atoms with Crippen molar-refractivity contribution in [2.24, 2.45) is 0 Å². The van der Waals surface area contributed by atoms with Gasteiger partial charge in [-0.05, 0) is 67.9 Å².